The molecule has 7 heteroatoms. The SMILES string of the molecule is CCCc1c(Cl)nc(CCC(F)(F)F)nc1Cl. The molecule has 0 aliphatic rings. The Morgan fingerprint density at radius 1 is 1.06 bits per heavy atom. The second kappa shape index (κ2) is 5.87. The van der Waals surface area contributed by atoms with E-state index in [1.54, 1.807) is 0 Å². The van der Waals surface area contributed by atoms with Gasteiger partial charge in [-0.1, -0.05) is 36.5 Å². The third kappa shape index (κ3) is 4.68. The standard InChI is InChI=1S/C10H11Cl2F3N2/c1-2-3-6-8(11)16-7(17-9(6)12)4-5-10(13,14)15/h2-5H2,1H3. The summed E-state index contributed by atoms with van der Waals surface area (Å²) in [6, 6.07) is 0. The van der Waals surface area contributed by atoms with Crippen molar-refractivity contribution in [3.05, 3.63) is 21.7 Å². The lowest BCUT2D eigenvalue weighted by Crippen LogP contribution is -2.11. The first-order valence-corrected chi connectivity index (χ1v) is 5.86. The third-order valence-electron chi connectivity index (χ3n) is 2.08. The van der Waals surface area contributed by atoms with Crippen molar-refractivity contribution in [1.82, 2.24) is 9.97 Å². The molecule has 0 radical (unpaired) electrons. The third-order valence-corrected chi connectivity index (χ3v) is 2.71. The summed E-state index contributed by atoms with van der Waals surface area (Å²) in [4.78, 5) is 7.65. The molecule has 0 saturated heterocycles. The van der Waals surface area contributed by atoms with Crippen molar-refractivity contribution in [3.8, 4) is 0 Å². The lowest BCUT2D eigenvalue weighted by atomic mass is 10.2. The predicted octanol–water partition coefficient (Wildman–Crippen LogP) is 4.23. The highest BCUT2D eigenvalue weighted by atomic mass is 35.5. The number of hydrogen-bond donors (Lipinski definition) is 0. The van der Waals surface area contributed by atoms with Crippen LogP contribution in [-0.2, 0) is 12.8 Å². The molecule has 1 heterocycles. The van der Waals surface area contributed by atoms with Crippen LogP contribution in [0.4, 0.5) is 13.2 Å². The van der Waals surface area contributed by atoms with Crippen LogP contribution in [0.5, 0.6) is 0 Å². The van der Waals surface area contributed by atoms with Gasteiger partial charge in [0, 0.05) is 12.0 Å². The molecule has 1 aromatic rings. The zero-order valence-electron chi connectivity index (χ0n) is 9.11. The Morgan fingerprint density at radius 3 is 2.00 bits per heavy atom. The molecule has 0 bridgehead atoms. The Kier molecular flexibility index (Phi) is 5.01. The van der Waals surface area contributed by atoms with Crippen molar-refractivity contribution >= 4 is 23.2 Å². The Hall–Kier alpha value is -0.550. The van der Waals surface area contributed by atoms with Crippen molar-refractivity contribution in [2.75, 3.05) is 0 Å². The maximum absolute atomic E-state index is 12.0. The van der Waals surface area contributed by atoms with Crippen LogP contribution >= 0.6 is 23.2 Å². The van der Waals surface area contributed by atoms with Crippen LogP contribution in [0.3, 0.4) is 0 Å². The molecule has 0 aliphatic heterocycles. The molecule has 2 nitrogen and oxygen atoms in total. The minimum absolute atomic E-state index is 0.0252. The minimum atomic E-state index is -4.23. The summed E-state index contributed by atoms with van der Waals surface area (Å²) < 4.78 is 36.1. The van der Waals surface area contributed by atoms with Gasteiger partial charge in [-0.15, -0.1) is 0 Å². The predicted molar refractivity (Wildman–Crippen MR) is 60.4 cm³/mol. The molecule has 0 saturated carbocycles. The summed E-state index contributed by atoms with van der Waals surface area (Å²) in [5.41, 5.74) is 0.589. The van der Waals surface area contributed by atoms with E-state index in [9.17, 15) is 13.2 Å². The molecule has 96 valence electrons. The highest BCUT2D eigenvalue weighted by molar-refractivity contribution is 6.34. The monoisotopic (exact) mass is 286 g/mol. The molecule has 0 fully saturated rings. The van der Waals surface area contributed by atoms with E-state index in [-0.39, 0.29) is 22.6 Å². The summed E-state index contributed by atoms with van der Waals surface area (Å²) >= 11 is 11.7. The minimum Gasteiger partial charge on any atom is -0.221 e. The molecule has 0 aliphatic carbocycles. The number of halogens is 5. The normalized spacial score (nSPS) is 11.9. The van der Waals surface area contributed by atoms with Gasteiger partial charge in [0.05, 0.1) is 6.42 Å². The van der Waals surface area contributed by atoms with E-state index in [2.05, 4.69) is 9.97 Å². The van der Waals surface area contributed by atoms with Crippen molar-refractivity contribution in [1.29, 1.82) is 0 Å². The van der Waals surface area contributed by atoms with E-state index < -0.39 is 12.6 Å². The zero-order chi connectivity index (χ0) is 13.1. The molecule has 1 aromatic heterocycles. The fourth-order valence-corrected chi connectivity index (χ4v) is 1.90. The topological polar surface area (TPSA) is 25.8 Å². The summed E-state index contributed by atoms with van der Waals surface area (Å²) in [5, 5.41) is 0.285. The van der Waals surface area contributed by atoms with E-state index in [0.29, 0.717) is 12.0 Å². The fraction of sp³-hybridized carbons (Fsp3) is 0.600. The lowest BCUT2D eigenvalue weighted by molar-refractivity contribution is -0.134. The first-order valence-electron chi connectivity index (χ1n) is 5.11. The average Bonchev–Trinajstić information content (AvgIpc) is 2.19. The van der Waals surface area contributed by atoms with Gasteiger partial charge in [0.25, 0.3) is 0 Å². The summed E-state index contributed by atoms with van der Waals surface area (Å²) in [7, 11) is 0. The average molecular weight is 287 g/mol. The molecule has 0 aromatic carbocycles. The van der Waals surface area contributed by atoms with Gasteiger partial charge in [0.2, 0.25) is 0 Å². The van der Waals surface area contributed by atoms with E-state index in [0.717, 1.165) is 6.42 Å². The Balaban J connectivity index is 2.83. The van der Waals surface area contributed by atoms with Crippen LogP contribution in [-0.4, -0.2) is 16.1 Å². The maximum atomic E-state index is 12.0. The highest BCUT2D eigenvalue weighted by Crippen LogP contribution is 2.25. The van der Waals surface area contributed by atoms with E-state index in [1.165, 1.54) is 0 Å². The Morgan fingerprint density at radius 2 is 1.59 bits per heavy atom. The largest absolute Gasteiger partial charge is 0.389 e. The Bertz CT molecular complexity index is 371. The van der Waals surface area contributed by atoms with Gasteiger partial charge in [0.1, 0.15) is 16.1 Å². The van der Waals surface area contributed by atoms with Crippen LogP contribution < -0.4 is 0 Å². The van der Waals surface area contributed by atoms with E-state index >= 15 is 0 Å². The summed E-state index contributed by atoms with van der Waals surface area (Å²) in [6.07, 6.45) is -4.10. The van der Waals surface area contributed by atoms with Crippen molar-refractivity contribution < 1.29 is 13.2 Å². The molecule has 0 unspecified atom stereocenters. The van der Waals surface area contributed by atoms with Gasteiger partial charge < -0.3 is 0 Å². The second-order valence-corrected chi connectivity index (χ2v) is 4.28. The number of rotatable bonds is 4. The van der Waals surface area contributed by atoms with Gasteiger partial charge in [0.15, 0.2) is 0 Å². The first-order chi connectivity index (χ1) is 7.83. The number of hydrogen-bond acceptors (Lipinski definition) is 2. The summed E-state index contributed by atoms with van der Waals surface area (Å²) in [5.74, 6) is 0.0252. The molecule has 0 spiro atoms. The number of aromatic nitrogens is 2. The molecular weight excluding hydrogens is 276 g/mol. The van der Waals surface area contributed by atoms with Gasteiger partial charge in [-0.05, 0) is 6.42 Å². The lowest BCUT2D eigenvalue weighted by Gasteiger charge is -2.08. The van der Waals surface area contributed by atoms with Gasteiger partial charge in [-0.3, -0.25) is 0 Å². The van der Waals surface area contributed by atoms with Crippen molar-refractivity contribution in [3.63, 3.8) is 0 Å². The summed E-state index contributed by atoms with van der Waals surface area (Å²) in [6.45, 7) is 1.93. The van der Waals surface area contributed by atoms with Crippen LogP contribution in [0.15, 0.2) is 0 Å². The highest BCUT2D eigenvalue weighted by Gasteiger charge is 2.27. The van der Waals surface area contributed by atoms with Gasteiger partial charge in [-0.2, -0.15) is 13.2 Å². The van der Waals surface area contributed by atoms with Crippen LogP contribution in [0.1, 0.15) is 31.2 Å². The molecule has 1 rings (SSSR count). The second-order valence-electron chi connectivity index (χ2n) is 3.57. The number of nitrogens with zero attached hydrogens (tertiary/aromatic N) is 2. The molecule has 0 N–H and O–H groups in total. The fourth-order valence-electron chi connectivity index (χ4n) is 1.29. The molecular formula is C10H11Cl2F3N2. The maximum Gasteiger partial charge on any atom is 0.389 e. The van der Waals surface area contributed by atoms with E-state index in [4.69, 9.17) is 23.2 Å². The molecule has 17 heavy (non-hydrogen) atoms. The molecule has 0 amide bonds. The van der Waals surface area contributed by atoms with Gasteiger partial charge in [-0.25, -0.2) is 9.97 Å². The Labute approximate surface area is 107 Å². The molecule has 0 atom stereocenters. The number of aryl methyl sites for hydroxylation is 1. The first kappa shape index (κ1) is 14.5. The number of alkyl halides is 3. The van der Waals surface area contributed by atoms with Crippen molar-refractivity contribution in [2.45, 2.75) is 38.8 Å². The van der Waals surface area contributed by atoms with Crippen LogP contribution in [0.2, 0.25) is 10.3 Å². The quantitative estimate of drug-likeness (QED) is 0.774. The van der Waals surface area contributed by atoms with Gasteiger partial charge >= 0.3 is 6.18 Å². The van der Waals surface area contributed by atoms with Crippen molar-refractivity contribution in [2.24, 2.45) is 0 Å². The van der Waals surface area contributed by atoms with Crippen LogP contribution in [0, 0.1) is 0 Å². The smallest absolute Gasteiger partial charge is 0.221 e. The zero-order valence-corrected chi connectivity index (χ0v) is 10.6. The van der Waals surface area contributed by atoms with Crippen LogP contribution in [0.25, 0.3) is 0 Å². The van der Waals surface area contributed by atoms with E-state index in [1.807, 2.05) is 6.92 Å².